The van der Waals surface area contributed by atoms with Gasteiger partial charge in [-0.05, 0) is 38.3 Å². The zero-order valence-corrected chi connectivity index (χ0v) is 15.6. The van der Waals surface area contributed by atoms with Crippen LogP contribution in [0.4, 0.5) is 0 Å². The van der Waals surface area contributed by atoms with Gasteiger partial charge in [-0.1, -0.05) is 18.2 Å². The molecular formula is C19H31N3O3. The second-order valence-corrected chi connectivity index (χ2v) is 6.28. The van der Waals surface area contributed by atoms with E-state index in [9.17, 15) is 0 Å². The van der Waals surface area contributed by atoms with Gasteiger partial charge in [0.1, 0.15) is 11.9 Å². The summed E-state index contributed by atoms with van der Waals surface area (Å²) in [5, 5.41) is 6.52. The monoisotopic (exact) mass is 349 g/mol. The molecule has 0 bridgehead atoms. The summed E-state index contributed by atoms with van der Waals surface area (Å²) in [4.78, 5) is 4.22. The molecule has 25 heavy (non-hydrogen) atoms. The van der Waals surface area contributed by atoms with Crippen LogP contribution in [0.2, 0.25) is 0 Å². The van der Waals surface area contributed by atoms with E-state index in [4.69, 9.17) is 14.2 Å². The second kappa shape index (κ2) is 10.9. The fourth-order valence-corrected chi connectivity index (χ4v) is 2.64. The third-order valence-corrected chi connectivity index (χ3v) is 4.07. The third kappa shape index (κ3) is 7.32. The minimum absolute atomic E-state index is 0.0374. The lowest BCUT2D eigenvalue weighted by molar-refractivity contribution is 0.0191. The molecule has 0 aromatic heterocycles. The SMILES string of the molecule is CN=C(NCCOCC1CCCO1)NCC(C)Oc1ccccc1C. The Bertz CT molecular complexity index is 530. The molecule has 2 unspecified atom stereocenters. The quantitative estimate of drug-likeness (QED) is 0.406. The topological polar surface area (TPSA) is 64.1 Å². The van der Waals surface area contributed by atoms with E-state index in [2.05, 4.69) is 15.6 Å². The first-order chi connectivity index (χ1) is 12.2. The summed E-state index contributed by atoms with van der Waals surface area (Å²) in [6.45, 7) is 7.64. The summed E-state index contributed by atoms with van der Waals surface area (Å²) in [5.41, 5.74) is 1.14. The van der Waals surface area contributed by atoms with E-state index in [1.165, 1.54) is 0 Å². The second-order valence-electron chi connectivity index (χ2n) is 6.28. The molecular weight excluding hydrogens is 318 g/mol. The van der Waals surface area contributed by atoms with Crippen LogP contribution in [0, 0.1) is 6.92 Å². The Labute approximate surface area is 151 Å². The van der Waals surface area contributed by atoms with E-state index < -0.39 is 0 Å². The van der Waals surface area contributed by atoms with Crippen LogP contribution < -0.4 is 15.4 Å². The molecule has 0 aliphatic carbocycles. The number of rotatable bonds is 9. The molecule has 6 nitrogen and oxygen atoms in total. The maximum absolute atomic E-state index is 5.96. The fourth-order valence-electron chi connectivity index (χ4n) is 2.64. The smallest absolute Gasteiger partial charge is 0.191 e. The molecule has 0 spiro atoms. The van der Waals surface area contributed by atoms with Crippen LogP contribution in [0.15, 0.2) is 29.3 Å². The maximum atomic E-state index is 5.96. The first kappa shape index (κ1) is 19.5. The van der Waals surface area contributed by atoms with Crippen LogP contribution in [0.1, 0.15) is 25.3 Å². The van der Waals surface area contributed by atoms with Gasteiger partial charge in [0.2, 0.25) is 0 Å². The van der Waals surface area contributed by atoms with Crippen LogP contribution in [0.25, 0.3) is 0 Å². The molecule has 6 heteroatoms. The van der Waals surface area contributed by atoms with Crippen LogP contribution in [0.3, 0.4) is 0 Å². The van der Waals surface area contributed by atoms with Crippen molar-refractivity contribution in [3.05, 3.63) is 29.8 Å². The Morgan fingerprint density at radius 1 is 1.36 bits per heavy atom. The van der Waals surface area contributed by atoms with E-state index in [1.807, 2.05) is 38.1 Å². The van der Waals surface area contributed by atoms with E-state index >= 15 is 0 Å². The van der Waals surface area contributed by atoms with Gasteiger partial charge in [0.05, 0.1) is 25.9 Å². The molecule has 1 aromatic carbocycles. The third-order valence-electron chi connectivity index (χ3n) is 4.07. The summed E-state index contributed by atoms with van der Waals surface area (Å²) in [7, 11) is 1.76. The number of para-hydroxylation sites is 1. The molecule has 2 atom stereocenters. The minimum atomic E-state index is 0.0374. The van der Waals surface area contributed by atoms with Crippen molar-refractivity contribution in [2.24, 2.45) is 4.99 Å². The van der Waals surface area contributed by atoms with Gasteiger partial charge in [-0.15, -0.1) is 0 Å². The first-order valence-electron chi connectivity index (χ1n) is 9.05. The summed E-state index contributed by atoms with van der Waals surface area (Å²) in [5.74, 6) is 1.67. The average molecular weight is 349 g/mol. The van der Waals surface area contributed by atoms with Gasteiger partial charge in [0.25, 0.3) is 0 Å². The van der Waals surface area contributed by atoms with Crippen molar-refractivity contribution in [3.63, 3.8) is 0 Å². The van der Waals surface area contributed by atoms with Gasteiger partial charge in [0.15, 0.2) is 5.96 Å². The highest BCUT2D eigenvalue weighted by molar-refractivity contribution is 5.79. The highest BCUT2D eigenvalue weighted by atomic mass is 16.5. The van der Waals surface area contributed by atoms with Crippen molar-refractivity contribution in [2.45, 2.75) is 38.9 Å². The van der Waals surface area contributed by atoms with Gasteiger partial charge in [-0.3, -0.25) is 4.99 Å². The lowest BCUT2D eigenvalue weighted by Gasteiger charge is -2.19. The van der Waals surface area contributed by atoms with E-state index in [0.29, 0.717) is 26.3 Å². The molecule has 1 heterocycles. The standard InChI is InChI=1S/C19H31N3O3/c1-15-7-4-5-9-18(15)25-16(2)13-22-19(20-3)21-10-12-23-14-17-8-6-11-24-17/h4-5,7,9,16-17H,6,8,10-14H2,1-3H3,(H2,20,21,22). The summed E-state index contributed by atoms with van der Waals surface area (Å²) in [6, 6.07) is 8.04. The normalized spacial score (nSPS) is 18.8. The molecule has 0 amide bonds. The van der Waals surface area contributed by atoms with Crippen molar-refractivity contribution in [1.82, 2.24) is 10.6 Å². The highest BCUT2D eigenvalue weighted by Crippen LogP contribution is 2.17. The van der Waals surface area contributed by atoms with Crippen molar-refractivity contribution < 1.29 is 14.2 Å². The highest BCUT2D eigenvalue weighted by Gasteiger charge is 2.15. The average Bonchev–Trinajstić information content (AvgIpc) is 3.13. The lowest BCUT2D eigenvalue weighted by atomic mass is 10.2. The number of benzene rings is 1. The zero-order valence-electron chi connectivity index (χ0n) is 15.6. The molecule has 2 rings (SSSR count). The molecule has 1 aromatic rings. The number of hydrogen-bond acceptors (Lipinski definition) is 4. The number of guanidine groups is 1. The number of ether oxygens (including phenoxy) is 3. The number of aryl methyl sites for hydroxylation is 1. The molecule has 0 saturated carbocycles. The van der Waals surface area contributed by atoms with Crippen LogP contribution in [-0.4, -0.2) is 58.1 Å². The number of nitrogens with zero attached hydrogens (tertiary/aromatic N) is 1. The first-order valence-corrected chi connectivity index (χ1v) is 9.05. The van der Waals surface area contributed by atoms with Gasteiger partial charge in [-0.2, -0.15) is 0 Å². The van der Waals surface area contributed by atoms with Gasteiger partial charge >= 0.3 is 0 Å². The van der Waals surface area contributed by atoms with Gasteiger partial charge in [-0.25, -0.2) is 0 Å². The Balaban J connectivity index is 1.58. The van der Waals surface area contributed by atoms with E-state index in [1.54, 1.807) is 7.05 Å². The molecule has 1 saturated heterocycles. The predicted molar refractivity (Wildman–Crippen MR) is 100 cm³/mol. The largest absolute Gasteiger partial charge is 0.489 e. The predicted octanol–water partition coefficient (Wildman–Crippen LogP) is 2.12. The number of aliphatic imine (C=N–C) groups is 1. The molecule has 1 aliphatic heterocycles. The van der Waals surface area contributed by atoms with Crippen molar-refractivity contribution in [3.8, 4) is 5.75 Å². The van der Waals surface area contributed by atoms with E-state index in [-0.39, 0.29) is 12.2 Å². The molecule has 140 valence electrons. The Hall–Kier alpha value is -1.79. The van der Waals surface area contributed by atoms with Gasteiger partial charge < -0.3 is 24.8 Å². The van der Waals surface area contributed by atoms with Crippen molar-refractivity contribution >= 4 is 5.96 Å². The van der Waals surface area contributed by atoms with Crippen LogP contribution in [-0.2, 0) is 9.47 Å². The number of hydrogen-bond donors (Lipinski definition) is 2. The summed E-state index contributed by atoms with van der Waals surface area (Å²) in [6.07, 6.45) is 2.56. The Kier molecular flexibility index (Phi) is 8.55. The number of nitrogens with one attached hydrogen (secondary N) is 2. The van der Waals surface area contributed by atoms with Gasteiger partial charge in [0, 0.05) is 20.2 Å². The fraction of sp³-hybridized carbons (Fsp3) is 0.632. The zero-order chi connectivity index (χ0) is 17.9. The Morgan fingerprint density at radius 2 is 2.20 bits per heavy atom. The van der Waals surface area contributed by atoms with E-state index in [0.717, 1.165) is 36.7 Å². The molecule has 0 radical (unpaired) electrons. The van der Waals surface area contributed by atoms with Crippen molar-refractivity contribution in [2.75, 3.05) is 40.0 Å². The lowest BCUT2D eigenvalue weighted by Crippen LogP contribution is -2.43. The minimum Gasteiger partial charge on any atom is -0.489 e. The Morgan fingerprint density at radius 3 is 2.92 bits per heavy atom. The molecule has 2 N–H and O–H groups in total. The maximum Gasteiger partial charge on any atom is 0.191 e. The van der Waals surface area contributed by atoms with Crippen LogP contribution in [0.5, 0.6) is 5.75 Å². The molecule has 1 fully saturated rings. The summed E-state index contributed by atoms with van der Waals surface area (Å²) < 4.78 is 17.1. The molecule has 1 aliphatic rings. The summed E-state index contributed by atoms with van der Waals surface area (Å²) >= 11 is 0. The van der Waals surface area contributed by atoms with Crippen molar-refractivity contribution in [1.29, 1.82) is 0 Å². The van der Waals surface area contributed by atoms with Crippen LogP contribution >= 0.6 is 0 Å².